The van der Waals surface area contributed by atoms with E-state index in [0.29, 0.717) is 6.54 Å². The van der Waals surface area contributed by atoms with E-state index in [1.54, 1.807) is 0 Å². The zero-order valence-corrected chi connectivity index (χ0v) is 14.1. The average molecular weight is 319 g/mol. The van der Waals surface area contributed by atoms with Crippen molar-refractivity contribution >= 4 is 10.8 Å². The number of hydrogen-bond donors (Lipinski definition) is 1. The predicted octanol–water partition coefficient (Wildman–Crippen LogP) is 5.09. The van der Waals surface area contributed by atoms with E-state index in [1.165, 1.54) is 29.2 Å². The number of rotatable bonds is 8. The topological polar surface area (TPSA) is 35.2 Å². The first kappa shape index (κ1) is 16.5. The maximum atomic E-state index is 5.90. The molecule has 124 valence electrons. The lowest BCUT2D eigenvalue weighted by atomic mass is 10.1. The summed E-state index contributed by atoms with van der Waals surface area (Å²) < 4.78 is 5.90. The van der Waals surface area contributed by atoms with Gasteiger partial charge in [-0.25, -0.2) is 0 Å². The molecule has 3 aromatic rings. The van der Waals surface area contributed by atoms with Crippen molar-refractivity contribution in [2.24, 2.45) is 5.73 Å². The molecule has 0 amide bonds. The molecule has 0 aliphatic carbocycles. The van der Waals surface area contributed by atoms with Crippen LogP contribution in [0.1, 0.15) is 30.4 Å². The molecule has 0 saturated heterocycles. The van der Waals surface area contributed by atoms with Crippen molar-refractivity contribution in [3.8, 4) is 5.75 Å². The van der Waals surface area contributed by atoms with Crippen LogP contribution in [0.25, 0.3) is 10.8 Å². The van der Waals surface area contributed by atoms with Gasteiger partial charge in [0.05, 0.1) is 6.61 Å². The first-order chi connectivity index (χ1) is 11.8. The fourth-order valence-corrected chi connectivity index (χ4v) is 2.93. The van der Waals surface area contributed by atoms with Gasteiger partial charge in [-0.3, -0.25) is 0 Å². The van der Waals surface area contributed by atoms with Gasteiger partial charge in [0, 0.05) is 6.54 Å². The van der Waals surface area contributed by atoms with Crippen LogP contribution in [0.5, 0.6) is 5.75 Å². The third kappa shape index (κ3) is 4.59. The summed E-state index contributed by atoms with van der Waals surface area (Å²) in [6, 6.07) is 23.3. The smallest absolute Gasteiger partial charge is 0.119 e. The highest BCUT2D eigenvalue weighted by Crippen LogP contribution is 2.22. The molecule has 0 spiro atoms. The minimum atomic E-state index is 0.581. The first-order valence-corrected chi connectivity index (χ1v) is 8.74. The predicted molar refractivity (Wildman–Crippen MR) is 101 cm³/mol. The molecule has 0 aliphatic heterocycles. The quantitative estimate of drug-likeness (QED) is 0.587. The number of ether oxygens (including phenoxy) is 1. The van der Waals surface area contributed by atoms with Crippen LogP contribution in [0.15, 0.2) is 66.7 Å². The van der Waals surface area contributed by atoms with Crippen LogP contribution in [-0.2, 0) is 13.0 Å². The summed E-state index contributed by atoms with van der Waals surface area (Å²) in [5.41, 5.74) is 8.27. The molecule has 0 atom stereocenters. The second-order valence-electron chi connectivity index (χ2n) is 6.19. The summed E-state index contributed by atoms with van der Waals surface area (Å²) >= 11 is 0. The van der Waals surface area contributed by atoms with E-state index >= 15 is 0 Å². The van der Waals surface area contributed by atoms with Crippen LogP contribution in [0.2, 0.25) is 0 Å². The molecule has 2 heteroatoms. The monoisotopic (exact) mass is 319 g/mol. The van der Waals surface area contributed by atoms with E-state index in [0.717, 1.165) is 30.8 Å². The van der Waals surface area contributed by atoms with Crippen molar-refractivity contribution in [3.05, 3.63) is 77.9 Å². The lowest BCUT2D eigenvalue weighted by Crippen LogP contribution is -1.98. The molecule has 0 aliphatic rings. The molecule has 3 rings (SSSR count). The lowest BCUT2D eigenvalue weighted by Gasteiger charge is -2.08. The lowest BCUT2D eigenvalue weighted by molar-refractivity contribution is 0.305. The van der Waals surface area contributed by atoms with E-state index in [9.17, 15) is 0 Å². The Hall–Kier alpha value is -2.32. The molecule has 0 bridgehead atoms. The van der Waals surface area contributed by atoms with Crippen LogP contribution >= 0.6 is 0 Å². The molecule has 0 heterocycles. The van der Waals surface area contributed by atoms with E-state index in [1.807, 2.05) is 6.07 Å². The van der Waals surface area contributed by atoms with Gasteiger partial charge in [-0.15, -0.1) is 0 Å². The number of unbranched alkanes of at least 4 members (excludes halogenated alkanes) is 2. The maximum Gasteiger partial charge on any atom is 0.119 e. The number of benzene rings is 3. The Morgan fingerprint density at radius 2 is 1.50 bits per heavy atom. The maximum absolute atomic E-state index is 5.90. The number of fused-ring (bicyclic) bond motifs is 1. The summed E-state index contributed by atoms with van der Waals surface area (Å²) in [7, 11) is 0. The Kier molecular flexibility index (Phi) is 5.86. The molecule has 24 heavy (non-hydrogen) atoms. The van der Waals surface area contributed by atoms with Crippen molar-refractivity contribution in [1.29, 1.82) is 0 Å². The molecular formula is C22H25NO. The Morgan fingerprint density at radius 3 is 2.33 bits per heavy atom. The molecule has 2 N–H and O–H groups in total. The Morgan fingerprint density at radius 1 is 0.708 bits per heavy atom. The average Bonchev–Trinajstić information content (AvgIpc) is 2.65. The van der Waals surface area contributed by atoms with Gasteiger partial charge in [0.25, 0.3) is 0 Å². The van der Waals surface area contributed by atoms with E-state index in [-0.39, 0.29) is 0 Å². The van der Waals surface area contributed by atoms with Crippen LogP contribution < -0.4 is 10.5 Å². The van der Waals surface area contributed by atoms with Gasteiger partial charge in [-0.1, -0.05) is 48.5 Å². The highest BCUT2D eigenvalue weighted by Gasteiger charge is 2.00. The minimum absolute atomic E-state index is 0.581. The standard InChI is InChI=1S/C22H25NO/c23-17-19-10-11-21-16-22(13-12-20(21)15-19)24-14-6-2-5-9-18-7-3-1-4-8-18/h1,3-4,7-8,10-13,15-16H,2,5-6,9,14,17,23H2. The second-order valence-corrected chi connectivity index (χ2v) is 6.19. The third-order valence-electron chi connectivity index (χ3n) is 4.33. The molecule has 3 aromatic carbocycles. The largest absolute Gasteiger partial charge is 0.494 e. The van der Waals surface area contributed by atoms with Crippen LogP contribution in [0.4, 0.5) is 0 Å². The molecule has 0 aromatic heterocycles. The zero-order valence-electron chi connectivity index (χ0n) is 14.1. The molecule has 0 unspecified atom stereocenters. The molecule has 2 nitrogen and oxygen atoms in total. The molecular weight excluding hydrogens is 294 g/mol. The number of aryl methyl sites for hydroxylation is 1. The Bertz CT molecular complexity index is 767. The van der Waals surface area contributed by atoms with Crippen molar-refractivity contribution in [2.75, 3.05) is 6.61 Å². The normalized spacial score (nSPS) is 10.9. The summed E-state index contributed by atoms with van der Waals surface area (Å²) in [5.74, 6) is 0.950. The van der Waals surface area contributed by atoms with Gasteiger partial charge in [0.1, 0.15) is 5.75 Å². The highest BCUT2D eigenvalue weighted by atomic mass is 16.5. The molecule has 0 fully saturated rings. The minimum Gasteiger partial charge on any atom is -0.494 e. The second kappa shape index (κ2) is 8.51. The summed E-state index contributed by atoms with van der Waals surface area (Å²) in [6.45, 7) is 1.36. The van der Waals surface area contributed by atoms with Crippen LogP contribution in [0, 0.1) is 0 Å². The van der Waals surface area contributed by atoms with Gasteiger partial charge < -0.3 is 10.5 Å². The van der Waals surface area contributed by atoms with E-state index in [2.05, 4.69) is 60.7 Å². The Labute approximate surface area is 144 Å². The zero-order chi connectivity index (χ0) is 16.6. The van der Waals surface area contributed by atoms with Gasteiger partial charge in [-0.05, 0) is 65.8 Å². The van der Waals surface area contributed by atoms with Crippen LogP contribution in [-0.4, -0.2) is 6.61 Å². The summed E-state index contributed by atoms with van der Waals surface area (Å²) in [4.78, 5) is 0. The third-order valence-corrected chi connectivity index (χ3v) is 4.33. The molecule has 0 saturated carbocycles. The van der Waals surface area contributed by atoms with Gasteiger partial charge >= 0.3 is 0 Å². The van der Waals surface area contributed by atoms with Gasteiger partial charge in [0.15, 0.2) is 0 Å². The highest BCUT2D eigenvalue weighted by molar-refractivity contribution is 5.84. The number of hydrogen-bond acceptors (Lipinski definition) is 2. The summed E-state index contributed by atoms with van der Waals surface area (Å²) in [5, 5.41) is 2.42. The van der Waals surface area contributed by atoms with E-state index in [4.69, 9.17) is 10.5 Å². The van der Waals surface area contributed by atoms with Gasteiger partial charge in [-0.2, -0.15) is 0 Å². The van der Waals surface area contributed by atoms with E-state index < -0.39 is 0 Å². The number of nitrogens with two attached hydrogens (primary N) is 1. The van der Waals surface area contributed by atoms with Crippen molar-refractivity contribution in [1.82, 2.24) is 0 Å². The van der Waals surface area contributed by atoms with Crippen LogP contribution in [0.3, 0.4) is 0 Å². The van der Waals surface area contributed by atoms with Crippen molar-refractivity contribution in [3.63, 3.8) is 0 Å². The van der Waals surface area contributed by atoms with Crippen molar-refractivity contribution < 1.29 is 4.74 Å². The fourth-order valence-electron chi connectivity index (χ4n) is 2.93. The summed E-state index contributed by atoms with van der Waals surface area (Å²) in [6.07, 6.45) is 4.66. The van der Waals surface area contributed by atoms with Crippen molar-refractivity contribution in [2.45, 2.75) is 32.2 Å². The SMILES string of the molecule is NCc1ccc2cc(OCCCCCc3ccccc3)ccc2c1. The van der Waals surface area contributed by atoms with Gasteiger partial charge in [0.2, 0.25) is 0 Å². The fraction of sp³-hybridized carbons (Fsp3) is 0.273. The first-order valence-electron chi connectivity index (χ1n) is 8.74. The Balaban J connectivity index is 1.42. The molecule has 0 radical (unpaired) electrons.